The average molecular weight is 253 g/mol. The molecular formula is C15H21F2N. The van der Waals surface area contributed by atoms with Crippen LogP contribution in [-0.2, 0) is 5.54 Å². The van der Waals surface area contributed by atoms with Gasteiger partial charge in [-0.15, -0.1) is 0 Å². The van der Waals surface area contributed by atoms with Crippen molar-refractivity contribution in [2.45, 2.75) is 45.6 Å². The first-order chi connectivity index (χ1) is 8.22. The third-order valence-corrected chi connectivity index (χ3v) is 3.90. The topological polar surface area (TPSA) is 26.0 Å². The first-order valence-corrected chi connectivity index (χ1v) is 6.46. The van der Waals surface area contributed by atoms with Crippen molar-refractivity contribution in [3.63, 3.8) is 0 Å². The number of rotatable bonds is 1. The highest BCUT2D eigenvalue weighted by atomic mass is 19.2. The summed E-state index contributed by atoms with van der Waals surface area (Å²) < 4.78 is 26.4. The molecule has 1 fully saturated rings. The Morgan fingerprint density at radius 1 is 1.17 bits per heavy atom. The molecular weight excluding hydrogens is 232 g/mol. The summed E-state index contributed by atoms with van der Waals surface area (Å²) in [5, 5.41) is 0. The highest BCUT2D eigenvalue weighted by Gasteiger charge is 2.41. The van der Waals surface area contributed by atoms with Crippen LogP contribution >= 0.6 is 0 Å². The van der Waals surface area contributed by atoms with Gasteiger partial charge in [-0.2, -0.15) is 0 Å². The van der Waals surface area contributed by atoms with Gasteiger partial charge in [0.25, 0.3) is 0 Å². The molecule has 2 N–H and O–H groups in total. The van der Waals surface area contributed by atoms with Gasteiger partial charge in [0.2, 0.25) is 0 Å². The summed E-state index contributed by atoms with van der Waals surface area (Å²) in [7, 11) is 0. The molecule has 100 valence electrons. The van der Waals surface area contributed by atoms with Crippen LogP contribution in [0.2, 0.25) is 0 Å². The zero-order chi connectivity index (χ0) is 13.6. The molecule has 0 radical (unpaired) electrons. The average Bonchev–Trinajstić information content (AvgIpc) is 2.18. The zero-order valence-corrected chi connectivity index (χ0v) is 11.3. The molecule has 1 nitrogen and oxygen atoms in total. The number of hydrogen-bond acceptors (Lipinski definition) is 1. The van der Waals surface area contributed by atoms with Crippen LogP contribution in [0.4, 0.5) is 8.78 Å². The van der Waals surface area contributed by atoms with Crippen LogP contribution in [0.3, 0.4) is 0 Å². The van der Waals surface area contributed by atoms with Crippen molar-refractivity contribution in [3.8, 4) is 0 Å². The van der Waals surface area contributed by atoms with Gasteiger partial charge in [-0.3, -0.25) is 0 Å². The number of nitrogens with two attached hydrogens (primary N) is 1. The summed E-state index contributed by atoms with van der Waals surface area (Å²) in [6.07, 6.45) is 2.74. The largest absolute Gasteiger partial charge is 0.321 e. The maximum atomic E-state index is 13.4. The summed E-state index contributed by atoms with van der Waals surface area (Å²) in [6, 6.07) is 4.04. The molecule has 0 aromatic heterocycles. The molecule has 1 aliphatic carbocycles. The molecule has 0 amide bonds. The minimum absolute atomic E-state index is 0.136. The van der Waals surface area contributed by atoms with Crippen LogP contribution in [-0.4, -0.2) is 0 Å². The highest BCUT2D eigenvalue weighted by Crippen LogP contribution is 2.47. The molecule has 0 bridgehead atoms. The molecule has 1 saturated carbocycles. The van der Waals surface area contributed by atoms with Crippen molar-refractivity contribution < 1.29 is 8.78 Å². The summed E-state index contributed by atoms with van der Waals surface area (Å²) >= 11 is 0. The van der Waals surface area contributed by atoms with Crippen LogP contribution in [0.15, 0.2) is 18.2 Å². The Balaban J connectivity index is 2.37. The van der Waals surface area contributed by atoms with Crippen molar-refractivity contribution in [2.24, 2.45) is 17.1 Å². The molecule has 1 aromatic carbocycles. The highest BCUT2D eigenvalue weighted by molar-refractivity contribution is 5.27. The smallest absolute Gasteiger partial charge is 0.159 e. The summed E-state index contributed by atoms with van der Waals surface area (Å²) in [5.41, 5.74) is 6.78. The fourth-order valence-electron chi connectivity index (χ4n) is 3.66. The molecule has 1 aliphatic rings. The van der Waals surface area contributed by atoms with E-state index in [1.165, 1.54) is 12.1 Å². The lowest BCUT2D eigenvalue weighted by molar-refractivity contribution is 0.107. The van der Waals surface area contributed by atoms with Gasteiger partial charge in [0, 0.05) is 5.54 Å². The Labute approximate surface area is 107 Å². The minimum atomic E-state index is -0.814. The maximum Gasteiger partial charge on any atom is 0.159 e. The maximum absolute atomic E-state index is 13.4. The van der Waals surface area contributed by atoms with E-state index in [0.717, 1.165) is 19.3 Å². The number of hydrogen-bond donors (Lipinski definition) is 1. The van der Waals surface area contributed by atoms with E-state index in [0.29, 0.717) is 11.5 Å². The first-order valence-electron chi connectivity index (χ1n) is 6.46. The molecule has 2 rings (SSSR count). The Kier molecular flexibility index (Phi) is 3.22. The molecule has 0 heterocycles. The van der Waals surface area contributed by atoms with Crippen LogP contribution < -0.4 is 5.73 Å². The van der Waals surface area contributed by atoms with Gasteiger partial charge in [-0.1, -0.05) is 26.8 Å². The van der Waals surface area contributed by atoms with Gasteiger partial charge in [0.1, 0.15) is 0 Å². The molecule has 2 unspecified atom stereocenters. The first kappa shape index (κ1) is 13.5. The minimum Gasteiger partial charge on any atom is -0.321 e. The van der Waals surface area contributed by atoms with Crippen LogP contribution in [0.25, 0.3) is 0 Å². The molecule has 1 aromatic rings. The van der Waals surface area contributed by atoms with Gasteiger partial charge < -0.3 is 5.73 Å². The third kappa shape index (κ3) is 2.56. The second kappa shape index (κ2) is 4.30. The van der Waals surface area contributed by atoms with E-state index in [9.17, 15) is 8.78 Å². The molecule has 0 spiro atoms. The second-order valence-corrected chi connectivity index (χ2v) is 6.64. The quantitative estimate of drug-likeness (QED) is 0.805. The van der Waals surface area contributed by atoms with Gasteiger partial charge in [-0.25, -0.2) is 8.78 Å². The van der Waals surface area contributed by atoms with E-state index in [1.54, 1.807) is 6.07 Å². The van der Waals surface area contributed by atoms with E-state index in [1.807, 2.05) is 0 Å². The van der Waals surface area contributed by atoms with Crippen molar-refractivity contribution in [1.82, 2.24) is 0 Å². The number of benzene rings is 1. The molecule has 2 atom stereocenters. The van der Waals surface area contributed by atoms with E-state index >= 15 is 0 Å². The lowest BCUT2D eigenvalue weighted by atomic mass is 9.62. The van der Waals surface area contributed by atoms with Gasteiger partial charge >= 0.3 is 0 Å². The van der Waals surface area contributed by atoms with Crippen molar-refractivity contribution in [2.75, 3.05) is 0 Å². The molecule has 0 aliphatic heterocycles. The number of halogens is 2. The Hall–Kier alpha value is -0.960. The Bertz CT molecular complexity index is 456. The summed E-state index contributed by atoms with van der Waals surface area (Å²) in [6.45, 7) is 6.54. The standard InChI is InChI=1S/C15H21F2N/c1-10-7-14(2,3)9-15(18,8-10)11-4-5-12(16)13(17)6-11/h4-6,10H,7-9,18H2,1-3H3. The lowest BCUT2D eigenvalue weighted by Crippen LogP contribution is -2.46. The van der Waals surface area contributed by atoms with Gasteiger partial charge in [0.05, 0.1) is 0 Å². The molecule has 0 saturated heterocycles. The SMILES string of the molecule is CC1CC(C)(C)CC(N)(c2ccc(F)c(F)c2)C1. The molecule has 18 heavy (non-hydrogen) atoms. The Morgan fingerprint density at radius 2 is 1.83 bits per heavy atom. The van der Waals surface area contributed by atoms with Gasteiger partial charge in [0.15, 0.2) is 11.6 Å². The fraction of sp³-hybridized carbons (Fsp3) is 0.600. The Morgan fingerprint density at radius 3 is 2.39 bits per heavy atom. The third-order valence-electron chi connectivity index (χ3n) is 3.90. The fourth-order valence-corrected chi connectivity index (χ4v) is 3.66. The van der Waals surface area contributed by atoms with Crippen molar-refractivity contribution >= 4 is 0 Å². The second-order valence-electron chi connectivity index (χ2n) is 6.64. The summed E-state index contributed by atoms with van der Waals surface area (Å²) in [4.78, 5) is 0. The van der Waals surface area contributed by atoms with E-state index in [-0.39, 0.29) is 5.41 Å². The predicted octanol–water partition coefficient (Wildman–Crippen LogP) is 3.97. The lowest BCUT2D eigenvalue weighted by Gasteiger charge is -2.46. The normalized spacial score (nSPS) is 31.3. The molecule has 3 heteroatoms. The predicted molar refractivity (Wildman–Crippen MR) is 69.0 cm³/mol. The zero-order valence-electron chi connectivity index (χ0n) is 11.3. The van der Waals surface area contributed by atoms with Crippen molar-refractivity contribution in [1.29, 1.82) is 0 Å². The summed E-state index contributed by atoms with van der Waals surface area (Å²) in [5.74, 6) is -1.13. The van der Waals surface area contributed by atoms with E-state index in [2.05, 4.69) is 20.8 Å². The van der Waals surface area contributed by atoms with Crippen molar-refractivity contribution in [3.05, 3.63) is 35.4 Å². The van der Waals surface area contributed by atoms with Gasteiger partial charge in [-0.05, 0) is 48.3 Å². The van der Waals surface area contributed by atoms with Crippen LogP contribution in [0.5, 0.6) is 0 Å². The van der Waals surface area contributed by atoms with Crippen LogP contribution in [0, 0.1) is 23.0 Å². The van der Waals surface area contributed by atoms with Crippen LogP contribution in [0.1, 0.15) is 45.6 Å². The van der Waals surface area contributed by atoms with E-state index < -0.39 is 17.2 Å². The van der Waals surface area contributed by atoms with E-state index in [4.69, 9.17) is 5.73 Å². The monoisotopic (exact) mass is 253 g/mol.